The van der Waals surface area contributed by atoms with Gasteiger partial charge in [-0.25, -0.2) is 0 Å². The molecule has 0 atom stereocenters. The SMILES string of the molecule is CCOS(=O)(=O)CC(C)C. The van der Waals surface area contributed by atoms with Gasteiger partial charge in [-0.2, -0.15) is 8.42 Å². The van der Waals surface area contributed by atoms with Gasteiger partial charge in [0.05, 0.1) is 12.4 Å². The summed E-state index contributed by atoms with van der Waals surface area (Å²) in [5.41, 5.74) is 0. The highest BCUT2D eigenvalue weighted by Crippen LogP contribution is 2.01. The first-order valence-corrected chi connectivity index (χ1v) is 4.92. The minimum absolute atomic E-state index is 0.112. The molecule has 4 heteroatoms. The van der Waals surface area contributed by atoms with Gasteiger partial charge in [-0.1, -0.05) is 13.8 Å². The van der Waals surface area contributed by atoms with E-state index in [1.807, 2.05) is 13.8 Å². The fourth-order valence-electron chi connectivity index (χ4n) is 0.636. The Morgan fingerprint density at radius 1 is 1.40 bits per heavy atom. The molecule has 3 nitrogen and oxygen atoms in total. The maximum atomic E-state index is 10.8. The molecule has 62 valence electrons. The second-order valence-electron chi connectivity index (χ2n) is 2.52. The summed E-state index contributed by atoms with van der Waals surface area (Å²) in [6, 6.07) is 0. The van der Waals surface area contributed by atoms with Crippen LogP contribution in [0, 0.1) is 5.92 Å². The van der Waals surface area contributed by atoms with Crippen LogP contribution in [0.5, 0.6) is 0 Å². The van der Waals surface area contributed by atoms with E-state index >= 15 is 0 Å². The van der Waals surface area contributed by atoms with E-state index in [4.69, 9.17) is 0 Å². The third-order valence-electron chi connectivity index (χ3n) is 0.835. The van der Waals surface area contributed by atoms with E-state index in [2.05, 4.69) is 4.18 Å². The van der Waals surface area contributed by atoms with Crippen molar-refractivity contribution in [3.05, 3.63) is 0 Å². The molecule has 0 aliphatic rings. The zero-order chi connectivity index (χ0) is 8.20. The van der Waals surface area contributed by atoms with Crippen molar-refractivity contribution < 1.29 is 12.6 Å². The topological polar surface area (TPSA) is 43.4 Å². The Labute approximate surface area is 62.5 Å². The molecule has 0 aromatic rings. The lowest BCUT2D eigenvalue weighted by Gasteiger charge is -2.04. The van der Waals surface area contributed by atoms with Gasteiger partial charge < -0.3 is 0 Å². The molecular weight excluding hydrogens is 152 g/mol. The Bertz CT molecular complexity index is 169. The average molecular weight is 166 g/mol. The second-order valence-corrected chi connectivity index (χ2v) is 4.21. The van der Waals surface area contributed by atoms with Crippen LogP contribution in [0.3, 0.4) is 0 Å². The van der Waals surface area contributed by atoms with Crippen molar-refractivity contribution in [1.29, 1.82) is 0 Å². The molecule has 0 aromatic heterocycles. The Morgan fingerprint density at radius 3 is 2.20 bits per heavy atom. The smallest absolute Gasteiger partial charge is 0.267 e. The number of hydrogen-bond acceptors (Lipinski definition) is 3. The standard InChI is InChI=1S/C6H14O3S/c1-4-9-10(7,8)5-6(2)3/h6H,4-5H2,1-3H3. The highest BCUT2D eigenvalue weighted by molar-refractivity contribution is 7.86. The van der Waals surface area contributed by atoms with E-state index in [9.17, 15) is 8.42 Å². The molecular formula is C6H14O3S. The quantitative estimate of drug-likeness (QED) is 0.585. The second kappa shape index (κ2) is 3.93. The maximum absolute atomic E-state index is 10.8. The van der Waals surface area contributed by atoms with Gasteiger partial charge >= 0.3 is 0 Å². The van der Waals surface area contributed by atoms with E-state index in [0.717, 1.165) is 0 Å². The molecule has 0 N–H and O–H groups in total. The summed E-state index contributed by atoms with van der Waals surface area (Å²) in [6.45, 7) is 5.58. The summed E-state index contributed by atoms with van der Waals surface area (Å²) >= 11 is 0. The first-order chi connectivity index (χ1) is 4.48. The third-order valence-corrected chi connectivity index (χ3v) is 2.50. The van der Waals surface area contributed by atoms with Gasteiger partial charge in [0.2, 0.25) is 0 Å². The molecule has 0 spiro atoms. The molecule has 0 fully saturated rings. The van der Waals surface area contributed by atoms with Crippen molar-refractivity contribution >= 4 is 10.1 Å². The van der Waals surface area contributed by atoms with E-state index in [1.165, 1.54) is 0 Å². The number of rotatable bonds is 4. The molecule has 0 unspecified atom stereocenters. The predicted octanol–water partition coefficient (Wildman–Crippen LogP) is 1.01. The van der Waals surface area contributed by atoms with Crippen LogP contribution >= 0.6 is 0 Å². The molecule has 0 saturated carbocycles. The van der Waals surface area contributed by atoms with Crippen LogP contribution in [0.1, 0.15) is 20.8 Å². The Hall–Kier alpha value is -0.0900. The molecule has 0 amide bonds. The van der Waals surface area contributed by atoms with E-state index < -0.39 is 10.1 Å². The fourth-order valence-corrected chi connectivity index (χ4v) is 1.91. The first-order valence-electron chi connectivity index (χ1n) is 3.35. The van der Waals surface area contributed by atoms with Gasteiger partial charge in [0.25, 0.3) is 10.1 Å². The Balaban J connectivity index is 3.89. The number of hydrogen-bond donors (Lipinski definition) is 0. The Kier molecular flexibility index (Phi) is 3.89. The van der Waals surface area contributed by atoms with Crippen LogP contribution in [0.2, 0.25) is 0 Å². The predicted molar refractivity (Wildman–Crippen MR) is 40.3 cm³/mol. The van der Waals surface area contributed by atoms with Crippen molar-refractivity contribution in [2.24, 2.45) is 5.92 Å². The van der Waals surface area contributed by atoms with Crippen molar-refractivity contribution in [1.82, 2.24) is 0 Å². The van der Waals surface area contributed by atoms with E-state index in [1.54, 1.807) is 6.92 Å². The van der Waals surface area contributed by atoms with Gasteiger partial charge in [-0.05, 0) is 12.8 Å². The maximum Gasteiger partial charge on any atom is 0.267 e. The summed E-state index contributed by atoms with van der Waals surface area (Å²) in [4.78, 5) is 0. The van der Waals surface area contributed by atoms with Gasteiger partial charge in [0.1, 0.15) is 0 Å². The van der Waals surface area contributed by atoms with Crippen LogP contribution in [0.4, 0.5) is 0 Å². The molecule has 0 aliphatic heterocycles. The molecule has 0 saturated heterocycles. The summed E-state index contributed by atoms with van der Waals surface area (Å²) in [5, 5.41) is 0. The molecule has 0 rings (SSSR count). The van der Waals surface area contributed by atoms with E-state index in [0.29, 0.717) is 0 Å². The molecule has 0 aliphatic carbocycles. The van der Waals surface area contributed by atoms with Gasteiger partial charge in [0, 0.05) is 0 Å². The van der Waals surface area contributed by atoms with E-state index in [-0.39, 0.29) is 18.3 Å². The normalized spacial score (nSPS) is 12.4. The van der Waals surface area contributed by atoms with Crippen LogP contribution in [-0.2, 0) is 14.3 Å². The lowest BCUT2D eigenvalue weighted by atomic mass is 10.3. The fraction of sp³-hybridized carbons (Fsp3) is 1.00. The van der Waals surface area contributed by atoms with Gasteiger partial charge in [0.15, 0.2) is 0 Å². The zero-order valence-electron chi connectivity index (χ0n) is 6.62. The van der Waals surface area contributed by atoms with Gasteiger partial charge in [-0.15, -0.1) is 0 Å². The summed E-state index contributed by atoms with van der Waals surface area (Å²) in [5.74, 6) is 0.248. The van der Waals surface area contributed by atoms with Crippen molar-refractivity contribution in [3.8, 4) is 0 Å². The summed E-state index contributed by atoms with van der Waals surface area (Å²) in [6.07, 6.45) is 0. The van der Waals surface area contributed by atoms with Crippen LogP contribution < -0.4 is 0 Å². The largest absolute Gasteiger partial charge is 0.270 e. The summed E-state index contributed by atoms with van der Waals surface area (Å²) in [7, 11) is -3.23. The van der Waals surface area contributed by atoms with Crippen molar-refractivity contribution in [2.75, 3.05) is 12.4 Å². The molecule has 0 bridgehead atoms. The summed E-state index contributed by atoms with van der Waals surface area (Å²) < 4.78 is 26.1. The highest BCUT2D eigenvalue weighted by Gasteiger charge is 2.11. The minimum atomic E-state index is -3.23. The molecule has 0 radical (unpaired) electrons. The molecule has 0 heterocycles. The molecule has 10 heavy (non-hydrogen) atoms. The average Bonchev–Trinajstić information content (AvgIpc) is 1.59. The van der Waals surface area contributed by atoms with Crippen LogP contribution in [0.25, 0.3) is 0 Å². The monoisotopic (exact) mass is 166 g/mol. The first kappa shape index (κ1) is 9.91. The lowest BCUT2D eigenvalue weighted by Crippen LogP contribution is -2.14. The van der Waals surface area contributed by atoms with Gasteiger partial charge in [-0.3, -0.25) is 4.18 Å². The van der Waals surface area contributed by atoms with Crippen molar-refractivity contribution in [3.63, 3.8) is 0 Å². The minimum Gasteiger partial charge on any atom is -0.270 e. The van der Waals surface area contributed by atoms with Crippen molar-refractivity contribution in [2.45, 2.75) is 20.8 Å². The zero-order valence-corrected chi connectivity index (χ0v) is 7.44. The third kappa shape index (κ3) is 4.76. The lowest BCUT2D eigenvalue weighted by molar-refractivity contribution is 0.335. The molecule has 0 aromatic carbocycles. The van der Waals surface area contributed by atoms with Crippen LogP contribution in [0.15, 0.2) is 0 Å². The van der Waals surface area contributed by atoms with Crippen LogP contribution in [-0.4, -0.2) is 20.8 Å². The highest BCUT2D eigenvalue weighted by atomic mass is 32.2. The Morgan fingerprint density at radius 2 is 1.90 bits per heavy atom.